The van der Waals surface area contributed by atoms with Gasteiger partial charge in [-0.05, 0) is 29.8 Å². The highest BCUT2D eigenvalue weighted by atomic mass is 16.6. The van der Waals surface area contributed by atoms with Crippen molar-refractivity contribution in [2.24, 2.45) is 0 Å². The number of hydrogen-bond acceptors (Lipinski definition) is 5. The van der Waals surface area contributed by atoms with E-state index in [9.17, 15) is 9.59 Å². The van der Waals surface area contributed by atoms with E-state index >= 15 is 0 Å². The molecule has 0 N–H and O–H groups in total. The number of benzene rings is 2. The Morgan fingerprint density at radius 3 is 2.78 bits per heavy atom. The second-order valence-corrected chi connectivity index (χ2v) is 6.40. The van der Waals surface area contributed by atoms with Gasteiger partial charge in [-0.25, -0.2) is 4.98 Å². The molecule has 7 nitrogen and oxygen atoms in total. The van der Waals surface area contributed by atoms with Gasteiger partial charge in [0.2, 0.25) is 5.91 Å². The third-order valence-corrected chi connectivity index (χ3v) is 4.50. The molecule has 0 unspecified atom stereocenters. The van der Waals surface area contributed by atoms with Gasteiger partial charge in [0.15, 0.2) is 11.5 Å². The van der Waals surface area contributed by atoms with Crippen LogP contribution in [-0.2, 0) is 17.9 Å². The van der Waals surface area contributed by atoms with Crippen LogP contribution in [0.4, 0.5) is 0 Å². The predicted octanol–water partition coefficient (Wildman–Crippen LogP) is 1.83. The van der Waals surface area contributed by atoms with E-state index in [0.717, 1.165) is 5.56 Å². The maximum atomic E-state index is 12.7. The minimum Gasteiger partial charge on any atom is -0.486 e. The monoisotopic (exact) mass is 365 g/mol. The standard InChI is InChI=1S/C20H19N3O4/c1-22(12-14-6-7-17-18(10-14)27-9-8-26-17)20(25)13-23-16-5-3-2-4-15(16)21-11-19(23)24/h2-7,10-11H,8-9,12-13H2,1H3. The minimum absolute atomic E-state index is 0.0388. The first-order valence-corrected chi connectivity index (χ1v) is 8.69. The van der Waals surface area contributed by atoms with Gasteiger partial charge in [0.05, 0.1) is 17.2 Å². The summed E-state index contributed by atoms with van der Waals surface area (Å²) in [7, 11) is 1.72. The number of hydrogen-bond donors (Lipinski definition) is 0. The van der Waals surface area contributed by atoms with Crippen LogP contribution in [-0.4, -0.2) is 40.6 Å². The van der Waals surface area contributed by atoms with E-state index in [0.29, 0.717) is 42.3 Å². The predicted molar refractivity (Wildman–Crippen MR) is 99.9 cm³/mol. The van der Waals surface area contributed by atoms with Gasteiger partial charge in [0, 0.05) is 13.6 Å². The molecule has 3 aromatic rings. The van der Waals surface area contributed by atoms with E-state index in [4.69, 9.17) is 9.47 Å². The first kappa shape index (κ1) is 17.1. The summed E-state index contributed by atoms with van der Waals surface area (Å²) in [6, 6.07) is 12.9. The second-order valence-electron chi connectivity index (χ2n) is 6.40. The van der Waals surface area contributed by atoms with E-state index in [1.165, 1.54) is 10.8 Å². The van der Waals surface area contributed by atoms with E-state index in [1.807, 2.05) is 36.4 Å². The molecule has 2 aromatic carbocycles. The number of likely N-dealkylation sites (N-methyl/N-ethyl adjacent to an activating group) is 1. The quantitative estimate of drug-likeness (QED) is 0.705. The second kappa shape index (κ2) is 7.11. The van der Waals surface area contributed by atoms with Crippen molar-refractivity contribution in [2.45, 2.75) is 13.1 Å². The Kier molecular flexibility index (Phi) is 4.50. The summed E-state index contributed by atoms with van der Waals surface area (Å²) < 4.78 is 12.5. The molecule has 0 saturated carbocycles. The van der Waals surface area contributed by atoms with Crippen molar-refractivity contribution in [3.63, 3.8) is 0 Å². The molecule has 7 heteroatoms. The molecule has 0 saturated heterocycles. The van der Waals surface area contributed by atoms with E-state index in [2.05, 4.69) is 4.98 Å². The topological polar surface area (TPSA) is 73.7 Å². The highest BCUT2D eigenvalue weighted by molar-refractivity contribution is 5.80. The molecule has 1 amide bonds. The first-order chi connectivity index (χ1) is 13.1. The van der Waals surface area contributed by atoms with Gasteiger partial charge in [-0.3, -0.25) is 14.2 Å². The Balaban J connectivity index is 1.52. The smallest absolute Gasteiger partial charge is 0.269 e. The molecular formula is C20H19N3O4. The van der Waals surface area contributed by atoms with Crippen LogP contribution in [0.1, 0.15) is 5.56 Å². The number of aromatic nitrogens is 2. The maximum absolute atomic E-state index is 12.7. The molecule has 0 aliphatic carbocycles. The first-order valence-electron chi connectivity index (χ1n) is 8.69. The van der Waals surface area contributed by atoms with Gasteiger partial charge in [-0.2, -0.15) is 0 Å². The summed E-state index contributed by atoms with van der Waals surface area (Å²) >= 11 is 0. The highest BCUT2D eigenvalue weighted by Crippen LogP contribution is 2.31. The zero-order chi connectivity index (χ0) is 18.8. The Bertz CT molecular complexity index is 1060. The molecule has 0 spiro atoms. The number of para-hydroxylation sites is 2. The number of ether oxygens (including phenoxy) is 2. The molecule has 27 heavy (non-hydrogen) atoms. The van der Waals surface area contributed by atoms with Crippen molar-refractivity contribution in [3.05, 3.63) is 64.6 Å². The van der Waals surface area contributed by atoms with Crippen molar-refractivity contribution in [1.29, 1.82) is 0 Å². The maximum Gasteiger partial charge on any atom is 0.269 e. The number of rotatable bonds is 4. The van der Waals surface area contributed by atoms with Gasteiger partial charge in [-0.1, -0.05) is 18.2 Å². The molecule has 1 aliphatic rings. The SMILES string of the molecule is CN(Cc1ccc2c(c1)OCCO2)C(=O)Cn1c(=O)cnc2ccccc21. The molecule has 1 aliphatic heterocycles. The molecule has 0 fully saturated rings. The number of amides is 1. The zero-order valence-corrected chi connectivity index (χ0v) is 14.9. The van der Waals surface area contributed by atoms with Gasteiger partial charge in [0.25, 0.3) is 5.56 Å². The van der Waals surface area contributed by atoms with Crippen molar-refractivity contribution >= 4 is 16.9 Å². The lowest BCUT2D eigenvalue weighted by Crippen LogP contribution is -2.33. The number of carbonyl (C=O) groups excluding carboxylic acids is 1. The lowest BCUT2D eigenvalue weighted by Gasteiger charge is -2.21. The fourth-order valence-electron chi connectivity index (χ4n) is 3.08. The average Bonchev–Trinajstić information content (AvgIpc) is 2.70. The Labute approximate surface area is 155 Å². The molecule has 138 valence electrons. The molecule has 0 bridgehead atoms. The van der Waals surface area contributed by atoms with Crippen molar-refractivity contribution in [2.75, 3.05) is 20.3 Å². The fraction of sp³-hybridized carbons (Fsp3) is 0.250. The summed E-state index contributed by atoms with van der Waals surface area (Å²) in [4.78, 5) is 30.6. The van der Waals surface area contributed by atoms with Crippen molar-refractivity contribution < 1.29 is 14.3 Å². The average molecular weight is 365 g/mol. The zero-order valence-electron chi connectivity index (χ0n) is 14.9. The summed E-state index contributed by atoms with van der Waals surface area (Å²) in [5.74, 6) is 1.24. The summed E-state index contributed by atoms with van der Waals surface area (Å²) in [5.41, 5.74) is 1.96. The lowest BCUT2D eigenvalue weighted by molar-refractivity contribution is -0.131. The van der Waals surface area contributed by atoms with Gasteiger partial charge < -0.3 is 14.4 Å². The van der Waals surface area contributed by atoms with Crippen molar-refractivity contribution in [3.8, 4) is 11.5 Å². The summed E-state index contributed by atoms with van der Waals surface area (Å²) in [6.45, 7) is 1.43. The van der Waals surface area contributed by atoms with E-state index in [-0.39, 0.29) is 18.0 Å². The fourth-order valence-corrected chi connectivity index (χ4v) is 3.08. The third kappa shape index (κ3) is 3.48. The Morgan fingerprint density at radius 2 is 1.93 bits per heavy atom. The number of fused-ring (bicyclic) bond motifs is 2. The van der Waals surface area contributed by atoms with E-state index in [1.54, 1.807) is 18.0 Å². The Morgan fingerprint density at radius 1 is 1.15 bits per heavy atom. The van der Waals surface area contributed by atoms with Gasteiger partial charge >= 0.3 is 0 Å². The molecular weight excluding hydrogens is 346 g/mol. The number of nitrogens with zero attached hydrogens (tertiary/aromatic N) is 3. The van der Waals surface area contributed by atoms with Crippen molar-refractivity contribution in [1.82, 2.24) is 14.5 Å². The van der Waals surface area contributed by atoms with Crippen LogP contribution in [0.25, 0.3) is 11.0 Å². The summed E-state index contributed by atoms with van der Waals surface area (Å²) in [5, 5.41) is 0. The number of carbonyl (C=O) groups is 1. The van der Waals surface area contributed by atoms with Crippen LogP contribution in [0.2, 0.25) is 0 Å². The largest absolute Gasteiger partial charge is 0.486 e. The van der Waals surface area contributed by atoms with Crippen LogP contribution in [0.3, 0.4) is 0 Å². The molecule has 1 aromatic heterocycles. The molecule has 0 radical (unpaired) electrons. The van der Waals surface area contributed by atoms with Crippen LogP contribution < -0.4 is 15.0 Å². The van der Waals surface area contributed by atoms with Crippen LogP contribution in [0, 0.1) is 0 Å². The molecule has 4 rings (SSSR count). The highest BCUT2D eigenvalue weighted by Gasteiger charge is 2.16. The van der Waals surface area contributed by atoms with Crippen LogP contribution in [0.15, 0.2) is 53.5 Å². The molecule has 2 heterocycles. The minimum atomic E-state index is -0.297. The van der Waals surface area contributed by atoms with Crippen LogP contribution in [0.5, 0.6) is 11.5 Å². The Hall–Kier alpha value is -3.35. The summed E-state index contributed by atoms with van der Waals surface area (Å²) in [6.07, 6.45) is 1.25. The van der Waals surface area contributed by atoms with Gasteiger partial charge in [0.1, 0.15) is 19.8 Å². The third-order valence-electron chi connectivity index (χ3n) is 4.50. The lowest BCUT2D eigenvalue weighted by atomic mass is 10.2. The van der Waals surface area contributed by atoms with Gasteiger partial charge in [-0.15, -0.1) is 0 Å². The van der Waals surface area contributed by atoms with E-state index < -0.39 is 0 Å². The van der Waals surface area contributed by atoms with Crippen LogP contribution >= 0.6 is 0 Å². The molecule has 0 atom stereocenters. The normalized spacial score (nSPS) is 12.8.